The Kier molecular flexibility index (Phi) is 7.42. The number of rotatable bonds is 9. The number of hydrazone groups is 1. The summed E-state index contributed by atoms with van der Waals surface area (Å²) in [6.07, 6.45) is 6.04. The van der Waals surface area contributed by atoms with Crippen molar-refractivity contribution in [3.8, 4) is 17.0 Å². The van der Waals surface area contributed by atoms with Gasteiger partial charge in [-0.3, -0.25) is 9.89 Å². The minimum atomic E-state index is -0.362. The largest absolute Gasteiger partial charge is 0.493 e. The Morgan fingerprint density at radius 1 is 0.970 bits per heavy atom. The van der Waals surface area contributed by atoms with Gasteiger partial charge < -0.3 is 4.74 Å². The van der Waals surface area contributed by atoms with Crippen molar-refractivity contribution in [1.82, 2.24) is 15.6 Å². The summed E-state index contributed by atoms with van der Waals surface area (Å²) in [6.45, 7) is 0.608. The summed E-state index contributed by atoms with van der Waals surface area (Å²) in [5.74, 6) is 0.431. The molecule has 164 valence electrons. The molecule has 4 rings (SSSR count). The maximum atomic E-state index is 12.3. The Bertz CT molecular complexity index is 1210. The number of aromatic amines is 1. The van der Waals surface area contributed by atoms with Gasteiger partial charge in [-0.1, -0.05) is 66.7 Å². The van der Waals surface area contributed by atoms with E-state index in [2.05, 4.69) is 32.9 Å². The van der Waals surface area contributed by atoms with Gasteiger partial charge in [-0.25, -0.2) is 5.43 Å². The minimum Gasteiger partial charge on any atom is -0.493 e. The predicted molar refractivity (Wildman–Crippen MR) is 131 cm³/mol. The number of aromatic nitrogens is 2. The van der Waals surface area contributed by atoms with Crippen LogP contribution in [0.2, 0.25) is 0 Å². The van der Waals surface area contributed by atoms with Crippen LogP contribution < -0.4 is 10.2 Å². The summed E-state index contributed by atoms with van der Waals surface area (Å²) in [6, 6.07) is 29.4. The first kappa shape index (κ1) is 21.8. The Balaban J connectivity index is 1.27. The third kappa shape index (κ3) is 6.51. The standard InChI is InChI=1S/C27H24N4O2/c32-27(31-28-18-7-12-21-8-3-1-4-9-21)26-20-25(29-30-26)23-13-15-24(16-14-23)33-19-17-22-10-5-2-6-11-22/h1-16,18,20H,17,19H2,(H,29,30)(H,31,32). The van der Waals surface area contributed by atoms with Gasteiger partial charge in [0.05, 0.1) is 12.3 Å². The number of nitrogens with one attached hydrogen (secondary N) is 2. The van der Waals surface area contributed by atoms with Crippen molar-refractivity contribution >= 4 is 18.2 Å². The monoisotopic (exact) mass is 436 g/mol. The minimum absolute atomic E-state index is 0.331. The second-order valence-corrected chi connectivity index (χ2v) is 7.26. The zero-order chi connectivity index (χ0) is 22.7. The van der Waals surface area contributed by atoms with Crippen molar-refractivity contribution in [3.63, 3.8) is 0 Å². The molecular formula is C27H24N4O2. The number of carbonyl (C=O) groups is 1. The number of amides is 1. The average Bonchev–Trinajstić information content (AvgIpc) is 3.36. The third-order valence-corrected chi connectivity index (χ3v) is 4.89. The fraction of sp³-hybridized carbons (Fsp3) is 0.0741. The molecule has 1 aromatic heterocycles. The second-order valence-electron chi connectivity index (χ2n) is 7.26. The Hall–Kier alpha value is -4.45. The molecule has 4 aromatic rings. The summed E-state index contributed by atoms with van der Waals surface area (Å²) >= 11 is 0. The highest BCUT2D eigenvalue weighted by atomic mass is 16.5. The normalized spacial score (nSPS) is 11.2. The van der Waals surface area contributed by atoms with Crippen LogP contribution in [0.25, 0.3) is 17.3 Å². The maximum Gasteiger partial charge on any atom is 0.289 e. The van der Waals surface area contributed by atoms with Crippen molar-refractivity contribution in [2.75, 3.05) is 6.61 Å². The highest BCUT2D eigenvalue weighted by Crippen LogP contribution is 2.21. The van der Waals surface area contributed by atoms with E-state index >= 15 is 0 Å². The number of allylic oxidation sites excluding steroid dienone is 1. The fourth-order valence-electron chi connectivity index (χ4n) is 3.16. The van der Waals surface area contributed by atoms with Gasteiger partial charge in [0.15, 0.2) is 0 Å². The molecule has 6 heteroatoms. The van der Waals surface area contributed by atoms with Crippen molar-refractivity contribution in [2.45, 2.75) is 6.42 Å². The molecule has 3 aromatic carbocycles. The van der Waals surface area contributed by atoms with Crippen LogP contribution in [0.3, 0.4) is 0 Å². The molecule has 0 radical (unpaired) electrons. The van der Waals surface area contributed by atoms with E-state index in [0.717, 1.165) is 23.3 Å². The second kappa shape index (κ2) is 11.2. The lowest BCUT2D eigenvalue weighted by molar-refractivity contribution is 0.0950. The molecule has 0 aliphatic rings. The zero-order valence-electron chi connectivity index (χ0n) is 18.0. The molecule has 6 nitrogen and oxygen atoms in total. The molecule has 0 aliphatic heterocycles. The van der Waals surface area contributed by atoms with Crippen molar-refractivity contribution < 1.29 is 9.53 Å². The molecule has 0 unspecified atom stereocenters. The number of hydrogen-bond acceptors (Lipinski definition) is 4. The number of benzene rings is 3. The highest BCUT2D eigenvalue weighted by molar-refractivity contribution is 5.94. The molecular weight excluding hydrogens is 412 g/mol. The van der Waals surface area contributed by atoms with Crippen molar-refractivity contribution in [3.05, 3.63) is 114 Å². The maximum absolute atomic E-state index is 12.3. The van der Waals surface area contributed by atoms with E-state index in [-0.39, 0.29) is 5.91 Å². The number of ether oxygens (including phenoxy) is 1. The molecule has 0 saturated heterocycles. The lowest BCUT2D eigenvalue weighted by Crippen LogP contribution is -2.17. The topological polar surface area (TPSA) is 79.4 Å². The molecule has 0 aliphatic carbocycles. The van der Waals surface area contributed by atoms with Crippen molar-refractivity contribution in [2.24, 2.45) is 5.10 Å². The van der Waals surface area contributed by atoms with E-state index in [1.54, 1.807) is 12.1 Å². The van der Waals surface area contributed by atoms with Crippen LogP contribution in [0, 0.1) is 0 Å². The number of nitrogens with zero attached hydrogens (tertiary/aromatic N) is 2. The number of H-pyrrole nitrogens is 1. The summed E-state index contributed by atoms with van der Waals surface area (Å²) < 4.78 is 5.82. The van der Waals surface area contributed by atoms with Gasteiger partial charge in [-0.15, -0.1) is 0 Å². The molecule has 33 heavy (non-hydrogen) atoms. The van der Waals surface area contributed by atoms with Gasteiger partial charge >= 0.3 is 0 Å². The SMILES string of the molecule is O=C(NN=CC=Cc1ccccc1)c1cc(-c2ccc(OCCc3ccccc3)cc2)n[nH]1. The first-order valence-corrected chi connectivity index (χ1v) is 10.7. The molecule has 1 heterocycles. The zero-order valence-corrected chi connectivity index (χ0v) is 18.0. The molecule has 0 fully saturated rings. The lowest BCUT2D eigenvalue weighted by atomic mass is 10.1. The smallest absolute Gasteiger partial charge is 0.289 e. The average molecular weight is 437 g/mol. The van der Waals surface area contributed by atoms with E-state index in [1.807, 2.05) is 78.9 Å². The summed E-state index contributed by atoms with van der Waals surface area (Å²) in [5, 5.41) is 10.9. The molecule has 0 saturated carbocycles. The molecule has 1 amide bonds. The summed E-state index contributed by atoms with van der Waals surface area (Å²) in [4.78, 5) is 12.3. The first-order valence-electron chi connectivity index (χ1n) is 10.7. The Morgan fingerprint density at radius 2 is 1.70 bits per heavy atom. The lowest BCUT2D eigenvalue weighted by Gasteiger charge is -2.06. The summed E-state index contributed by atoms with van der Waals surface area (Å²) in [7, 11) is 0. The molecule has 0 atom stereocenters. The van der Waals surface area contributed by atoms with Gasteiger partial charge in [0.1, 0.15) is 11.4 Å². The van der Waals surface area contributed by atoms with Crippen LogP contribution in [0.1, 0.15) is 21.6 Å². The third-order valence-electron chi connectivity index (χ3n) is 4.89. The summed E-state index contributed by atoms with van der Waals surface area (Å²) in [5.41, 5.74) is 6.67. The van der Waals surface area contributed by atoms with E-state index in [4.69, 9.17) is 4.74 Å². The number of hydrogen-bond donors (Lipinski definition) is 2. The van der Waals surface area contributed by atoms with Gasteiger partial charge in [-0.2, -0.15) is 10.2 Å². The van der Waals surface area contributed by atoms with Crippen LogP contribution in [-0.2, 0) is 6.42 Å². The number of carbonyl (C=O) groups excluding carboxylic acids is 1. The van der Waals surface area contributed by atoms with Crippen molar-refractivity contribution in [1.29, 1.82) is 0 Å². The Labute approximate surface area is 192 Å². The van der Waals surface area contributed by atoms with Crippen LogP contribution in [0.15, 0.2) is 102 Å². The van der Waals surface area contributed by atoms with E-state index in [1.165, 1.54) is 11.8 Å². The van der Waals surface area contributed by atoms with Crippen LogP contribution in [0.5, 0.6) is 5.75 Å². The van der Waals surface area contributed by atoms with Gasteiger partial charge in [0.25, 0.3) is 5.91 Å². The first-order chi connectivity index (χ1) is 16.3. The highest BCUT2D eigenvalue weighted by Gasteiger charge is 2.10. The van der Waals surface area contributed by atoms with E-state index in [9.17, 15) is 4.79 Å². The fourth-order valence-corrected chi connectivity index (χ4v) is 3.16. The van der Waals surface area contributed by atoms with E-state index < -0.39 is 0 Å². The van der Waals surface area contributed by atoms with Gasteiger partial charge in [0, 0.05) is 18.2 Å². The predicted octanol–water partition coefficient (Wildman–Crippen LogP) is 5.13. The molecule has 0 spiro atoms. The van der Waals surface area contributed by atoms with E-state index in [0.29, 0.717) is 18.0 Å². The van der Waals surface area contributed by atoms with Crippen LogP contribution >= 0.6 is 0 Å². The van der Waals surface area contributed by atoms with Crippen LogP contribution in [-0.4, -0.2) is 28.9 Å². The van der Waals surface area contributed by atoms with Gasteiger partial charge in [0.2, 0.25) is 0 Å². The van der Waals surface area contributed by atoms with Gasteiger partial charge in [-0.05, 0) is 47.5 Å². The molecule has 2 N–H and O–H groups in total. The Morgan fingerprint density at radius 3 is 2.45 bits per heavy atom. The molecule has 0 bridgehead atoms. The quantitative estimate of drug-likeness (QED) is 0.282. The van der Waals surface area contributed by atoms with Crippen LogP contribution in [0.4, 0.5) is 0 Å².